The number of hydrogen-bond donors (Lipinski definition) is 1. The Balaban J connectivity index is 2.87. The predicted molar refractivity (Wildman–Crippen MR) is 119 cm³/mol. The van der Waals surface area contributed by atoms with E-state index < -0.39 is 35.9 Å². The van der Waals surface area contributed by atoms with Crippen molar-refractivity contribution in [1.82, 2.24) is 5.32 Å². The van der Waals surface area contributed by atoms with Crippen molar-refractivity contribution in [2.75, 3.05) is 0 Å². The number of alkyl carbamates (subject to hydrolysis) is 1. The monoisotopic (exact) mass is 461 g/mol. The Morgan fingerprint density at radius 1 is 1.10 bits per heavy atom. The number of benzene rings is 1. The minimum atomic E-state index is -0.872. The zero-order chi connectivity index (χ0) is 23.1. The van der Waals surface area contributed by atoms with Crippen LogP contribution in [-0.2, 0) is 14.3 Å². The van der Waals surface area contributed by atoms with E-state index in [1.807, 2.05) is 0 Å². The minimum absolute atomic E-state index is 0.133. The highest BCUT2D eigenvalue weighted by Gasteiger charge is 2.32. The topological polar surface area (TPSA) is 73.9 Å². The standard InChI is InChI=1S/C22H33Cl2NO5/c1-8-15(9-2)19(29-18-11-10-16(23)12-17(18)24)14(4)28-20(26)13(3)25-21(27)30-22(5,6)7/h10-15,19H,8-9H2,1-7H3,(H,25,27)/t13-,14-,19-/m0/s1. The lowest BCUT2D eigenvalue weighted by Crippen LogP contribution is -2.46. The number of amides is 1. The summed E-state index contributed by atoms with van der Waals surface area (Å²) >= 11 is 12.2. The Morgan fingerprint density at radius 2 is 1.70 bits per heavy atom. The van der Waals surface area contributed by atoms with Gasteiger partial charge in [-0.1, -0.05) is 37.0 Å². The number of carbonyl (C=O) groups is 2. The van der Waals surface area contributed by atoms with Crippen LogP contribution in [0.3, 0.4) is 0 Å². The van der Waals surface area contributed by atoms with Crippen molar-refractivity contribution in [2.24, 2.45) is 5.92 Å². The van der Waals surface area contributed by atoms with Gasteiger partial charge >= 0.3 is 12.1 Å². The molecule has 0 spiro atoms. The average Bonchev–Trinajstić information content (AvgIpc) is 2.61. The highest BCUT2D eigenvalue weighted by molar-refractivity contribution is 6.35. The number of hydrogen-bond acceptors (Lipinski definition) is 5. The van der Waals surface area contributed by atoms with Gasteiger partial charge in [0.2, 0.25) is 0 Å². The second-order valence-corrected chi connectivity index (χ2v) is 9.09. The third kappa shape index (κ3) is 8.60. The number of ether oxygens (including phenoxy) is 3. The van der Waals surface area contributed by atoms with E-state index in [-0.39, 0.29) is 5.92 Å². The van der Waals surface area contributed by atoms with Crippen LogP contribution < -0.4 is 10.1 Å². The van der Waals surface area contributed by atoms with Gasteiger partial charge in [-0.25, -0.2) is 9.59 Å². The minimum Gasteiger partial charge on any atom is -0.485 e. The number of nitrogens with one attached hydrogen (secondary N) is 1. The molecule has 1 N–H and O–H groups in total. The maximum absolute atomic E-state index is 12.5. The summed E-state index contributed by atoms with van der Waals surface area (Å²) in [4.78, 5) is 24.4. The summed E-state index contributed by atoms with van der Waals surface area (Å²) < 4.78 is 17.0. The summed E-state index contributed by atoms with van der Waals surface area (Å²) in [7, 11) is 0. The van der Waals surface area contributed by atoms with Crippen LogP contribution >= 0.6 is 23.2 Å². The van der Waals surface area contributed by atoms with Crippen molar-refractivity contribution in [3.8, 4) is 5.75 Å². The molecule has 6 nitrogen and oxygen atoms in total. The van der Waals surface area contributed by atoms with Crippen molar-refractivity contribution in [3.63, 3.8) is 0 Å². The molecule has 1 rings (SSSR count). The Kier molecular flexibility index (Phi) is 10.2. The van der Waals surface area contributed by atoms with Crippen LogP contribution in [0.15, 0.2) is 18.2 Å². The van der Waals surface area contributed by atoms with Gasteiger partial charge < -0.3 is 19.5 Å². The van der Waals surface area contributed by atoms with Crippen molar-refractivity contribution in [2.45, 2.75) is 85.2 Å². The van der Waals surface area contributed by atoms with Crippen LogP contribution in [0.4, 0.5) is 4.79 Å². The average molecular weight is 462 g/mol. The lowest BCUT2D eigenvalue weighted by Gasteiger charge is -2.32. The number of esters is 1. The van der Waals surface area contributed by atoms with Gasteiger partial charge in [0.15, 0.2) is 0 Å². The Labute approximate surface area is 189 Å². The lowest BCUT2D eigenvalue weighted by atomic mass is 9.93. The van der Waals surface area contributed by atoms with E-state index in [9.17, 15) is 9.59 Å². The number of rotatable bonds is 9. The maximum Gasteiger partial charge on any atom is 0.408 e. The zero-order valence-corrected chi connectivity index (χ0v) is 20.3. The molecule has 1 amide bonds. The molecule has 30 heavy (non-hydrogen) atoms. The molecule has 0 aromatic heterocycles. The van der Waals surface area contributed by atoms with Crippen LogP contribution in [-0.4, -0.2) is 35.9 Å². The molecule has 0 heterocycles. The van der Waals surface area contributed by atoms with Gasteiger partial charge in [0.25, 0.3) is 0 Å². The normalized spacial score (nSPS) is 14.6. The molecule has 1 aromatic carbocycles. The third-order valence-electron chi connectivity index (χ3n) is 4.52. The summed E-state index contributed by atoms with van der Waals surface area (Å²) in [6.07, 6.45) is -0.00585. The van der Waals surface area contributed by atoms with Gasteiger partial charge in [0, 0.05) is 5.02 Å². The van der Waals surface area contributed by atoms with Crippen LogP contribution in [0.25, 0.3) is 0 Å². The first kappa shape index (κ1) is 26.4. The van der Waals surface area contributed by atoms with Gasteiger partial charge in [-0.2, -0.15) is 0 Å². The molecule has 0 radical (unpaired) electrons. The zero-order valence-electron chi connectivity index (χ0n) is 18.8. The van der Waals surface area contributed by atoms with Crippen LogP contribution in [0.5, 0.6) is 5.75 Å². The molecular formula is C22H33Cl2NO5. The first-order valence-electron chi connectivity index (χ1n) is 10.2. The predicted octanol–water partition coefficient (Wildman–Crippen LogP) is 6.02. The van der Waals surface area contributed by atoms with E-state index in [0.717, 1.165) is 12.8 Å². The van der Waals surface area contributed by atoms with Gasteiger partial charge in [0.1, 0.15) is 29.6 Å². The first-order chi connectivity index (χ1) is 13.9. The molecule has 0 aliphatic rings. The molecule has 170 valence electrons. The third-order valence-corrected chi connectivity index (χ3v) is 5.05. The second-order valence-electron chi connectivity index (χ2n) is 8.24. The van der Waals surface area contributed by atoms with Crippen molar-refractivity contribution >= 4 is 35.3 Å². The molecular weight excluding hydrogens is 429 g/mol. The maximum atomic E-state index is 12.5. The Hall–Kier alpha value is -1.66. The highest BCUT2D eigenvalue weighted by atomic mass is 35.5. The fourth-order valence-electron chi connectivity index (χ4n) is 2.94. The molecule has 0 bridgehead atoms. The van der Waals surface area contributed by atoms with Crippen molar-refractivity contribution in [3.05, 3.63) is 28.2 Å². The molecule has 1 aromatic rings. The quantitative estimate of drug-likeness (QED) is 0.454. The van der Waals surface area contributed by atoms with Crippen LogP contribution in [0.1, 0.15) is 61.3 Å². The van der Waals surface area contributed by atoms with E-state index >= 15 is 0 Å². The molecule has 3 atom stereocenters. The van der Waals surface area contributed by atoms with Crippen LogP contribution in [0, 0.1) is 5.92 Å². The van der Waals surface area contributed by atoms with E-state index in [1.165, 1.54) is 0 Å². The van der Waals surface area contributed by atoms with E-state index in [1.54, 1.807) is 52.8 Å². The van der Waals surface area contributed by atoms with Gasteiger partial charge in [-0.3, -0.25) is 0 Å². The summed E-state index contributed by atoms with van der Waals surface area (Å²) in [5.74, 6) is 0.0320. The van der Waals surface area contributed by atoms with Gasteiger partial charge in [-0.05, 0) is 71.6 Å². The highest BCUT2D eigenvalue weighted by Crippen LogP contribution is 2.31. The summed E-state index contributed by atoms with van der Waals surface area (Å²) in [5, 5.41) is 3.38. The van der Waals surface area contributed by atoms with E-state index in [2.05, 4.69) is 19.2 Å². The SMILES string of the molecule is CCC(CC)[C@@H](Oc1ccc(Cl)cc1Cl)[C@H](C)OC(=O)[C@H](C)NC(=O)OC(C)(C)C. The van der Waals surface area contributed by atoms with Gasteiger partial charge in [-0.15, -0.1) is 0 Å². The molecule has 0 aliphatic carbocycles. The fourth-order valence-corrected chi connectivity index (χ4v) is 3.39. The van der Waals surface area contributed by atoms with Gasteiger partial charge in [0.05, 0.1) is 5.02 Å². The van der Waals surface area contributed by atoms with Crippen molar-refractivity contribution in [1.29, 1.82) is 0 Å². The smallest absolute Gasteiger partial charge is 0.408 e. The number of carbonyl (C=O) groups excluding carboxylic acids is 2. The molecule has 0 saturated heterocycles. The van der Waals surface area contributed by atoms with E-state index in [0.29, 0.717) is 15.8 Å². The summed E-state index contributed by atoms with van der Waals surface area (Å²) in [6.45, 7) is 12.7. The molecule has 0 saturated carbocycles. The van der Waals surface area contributed by atoms with Crippen molar-refractivity contribution < 1.29 is 23.8 Å². The van der Waals surface area contributed by atoms with Crippen LogP contribution in [0.2, 0.25) is 10.0 Å². The second kappa shape index (κ2) is 11.7. The lowest BCUT2D eigenvalue weighted by molar-refractivity contribution is -0.156. The summed E-state index contributed by atoms with van der Waals surface area (Å²) in [6, 6.07) is 4.12. The Bertz CT molecular complexity index is 716. The fraction of sp³-hybridized carbons (Fsp3) is 0.636. The number of halogens is 2. The first-order valence-corrected chi connectivity index (χ1v) is 10.9. The Morgan fingerprint density at radius 3 is 2.20 bits per heavy atom. The molecule has 0 unspecified atom stereocenters. The van der Waals surface area contributed by atoms with E-state index in [4.69, 9.17) is 37.4 Å². The molecule has 0 aliphatic heterocycles. The largest absolute Gasteiger partial charge is 0.485 e. The molecule has 0 fully saturated rings. The summed E-state index contributed by atoms with van der Waals surface area (Å²) in [5.41, 5.74) is -0.659. The molecule has 8 heteroatoms.